The number of carbonyl (C=O) groups excluding carboxylic acids is 2. The van der Waals surface area contributed by atoms with Crippen LogP contribution in [0.1, 0.15) is 24.8 Å². The van der Waals surface area contributed by atoms with E-state index >= 15 is 0 Å². The number of nitrogens with two attached hydrogens (primary N) is 1. The van der Waals surface area contributed by atoms with Crippen molar-refractivity contribution in [3.63, 3.8) is 0 Å². The van der Waals surface area contributed by atoms with Crippen LogP contribution in [0.4, 0.5) is 11.4 Å². The van der Waals surface area contributed by atoms with Crippen LogP contribution in [-0.4, -0.2) is 36.3 Å². The number of benzene rings is 1. The fourth-order valence-corrected chi connectivity index (χ4v) is 3.05. The topological polar surface area (TPSA) is 66.6 Å². The van der Waals surface area contributed by atoms with Gasteiger partial charge in [-0.05, 0) is 30.5 Å². The van der Waals surface area contributed by atoms with E-state index in [4.69, 9.17) is 5.73 Å². The molecule has 0 unspecified atom stereocenters. The van der Waals surface area contributed by atoms with Gasteiger partial charge < -0.3 is 10.6 Å². The summed E-state index contributed by atoms with van der Waals surface area (Å²) in [6.07, 6.45) is 2.79. The van der Waals surface area contributed by atoms with Crippen molar-refractivity contribution in [2.45, 2.75) is 25.7 Å². The van der Waals surface area contributed by atoms with Crippen LogP contribution in [0, 0.1) is 0 Å². The first kappa shape index (κ1) is 13.0. The summed E-state index contributed by atoms with van der Waals surface area (Å²) in [6.45, 7) is 2.12. The summed E-state index contributed by atoms with van der Waals surface area (Å²) < 4.78 is 0. The van der Waals surface area contributed by atoms with Crippen molar-refractivity contribution in [2.24, 2.45) is 0 Å². The summed E-state index contributed by atoms with van der Waals surface area (Å²) in [5.41, 5.74) is 9.20. The molecule has 0 spiro atoms. The van der Waals surface area contributed by atoms with Crippen LogP contribution in [0.2, 0.25) is 0 Å². The van der Waals surface area contributed by atoms with Crippen molar-refractivity contribution >= 4 is 23.2 Å². The molecule has 3 rings (SSSR count). The number of nitrogens with zero attached hydrogens (tertiary/aromatic N) is 2. The lowest BCUT2D eigenvalue weighted by Crippen LogP contribution is -2.40. The van der Waals surface area contributed by atoms with Gasteiger partial charge in [-0.3, -0.25) is 14.5 Å². The van der Waals surface area contributed by atoms with Gasteiger partial charge in [-0.25, -0.2) is 0 Å². The van der Waals surface area contributed by atoms with Crippen LogP contribution in [-0.2, 0) is 16.0 Å². The Bertz CT molecular complexity index is 540. The van der Waals surface area contributed by atoms with Crippen LogP contribution in [0.5, 0.6) is 0 Å². The van der Waals surface area contributed by atoms with Gasteiger partial charge >= 0.3 is 0 Å². The molecule has 2 aliphatic heterocycles. The second-order valence-electron chi connectivity index (χ2n) is 5.37. The van der Waals surface area contributed by atoms with Crippen molar-refractivity contribution in [1.82, 2.24) is 4.90 Å². The van der Waals surface area contributed by atoms with Crippen LogP contribution in [0.15, 0.2) is 18.2 Å². The first-order chi connectivity index (χ1) is 9.66. The lowest BCUT2D eigenvalue weighted by Gasteiger charge is -2.33. The molecule has 0 aliphatic carbocycles. The Morgan fingerprint density at radius 3 is 2.55 bits per heavy atom. The number of hydrogen-bond donors (Lipinski definition) is 1. The summed E-state index contributed by atoms with van der Waals surface area (Å²) in [6, 6.07) is 5.95. The molecule has 5 heteroatoms. The van der Waals surface area contributed by atoms with Gasteiger partial charge in [0.15, 0.2) is 0 Å². The maximum Gasteiger partial charge on any atom is 0.229 e. The highest BCUT2D eigenvalue weighted by molar-refractivity contribution is 6.01. The number of fused-ring (bicyclic) bond motifs is 1. The van der Waals surface area contributed by atoms with Crippen molar-refractivity contribution in [3.05, 3.63) is 23.8 Å². The summed E-state index contributed by atoms with van der Waals surface area (Å²) >= 11 is 0. The minimum absolute atomic E-state index is 0.0418. The van der Waals surface area contributed by atoms with Crippen molar-refractivity contribution < 1.29 is 9.59 Å². The minimum atomic E-state index is -0.0418. The smallest absolute Gasteiger partial charge is 0.229 e. The van der Waals surface area contributed by atoms with Crippen molar-refractivity contribution in [2.75, 3.05) is 30.3 Å². The molecule has 2 amide bonds. The molecule has 1 fully saturated rings. The lowest BCUT2D eigenvalue weighted by molar-refractivity contribution is -0.138. The number of anilines is 2. The molecule has 0 aromatic heterocycles. The molecular formula is C15H19N3O2. The highest BCUT2D eigenvalue weighted by atomic mass is 16.2. The van der Waals surface area contributed by atoms with Gasteiger partial charge in [0.05, 0.1) is 0 Å². The molecule has 106 valence electrons. The monoisotopic (exact) mass is 273 g/mol. The van der Waals surface area contributed by atoms with E-state index in [-0.39, 0.29) is 11.8 Å². The molecule has 1 saturated heterocycles. The lowest BCUT2D eigenvalue weighted by atomic mass is 10.00. The molecule has 0 saturated carbocycles. The third kappa shape index (κ3) is 2.24. The van der Waals surface area contributed by atoms with Crippen LogP contribution in [0.25, 0.3) is 0 Å². The van der Waals surface area contributed by atoms with E-state index in [9.17, 15) is 9.59 Å². The summed E-state index contributed by atoms with van der Waals surface area (Å²) in [5.74, 6) is -0.0837. The van der Waals surface area contributed by atoms with Crippen LogP contribution in [0.3, 0.4) is 0 Å². The SMILES string of the molecule is Nc1cccc2c1CCCN2CCN1C(=O)CCC1=O. The third-order valence-electron chi connectivity index (χ3n) is 4.13. The Morgan fingerprint density at radius 2 is 1.80 bits per heavy atom. The summed E-state index contributed by atoms with van der Waals surface area (Å²) in [5, 5.41) is 0. The number of carbonyl (C=O) groups is 2. The second kappa shape index (κ2) is 5.15. The van der Waals surface area contributed by atoms with Crippen molar-refractivity contribution in [3.8, 4) is 0 Å². The molecule has 2 aliphatic rings. The van der Waals surface area contributed by atoms with E-state index in [1.165, 1.54) is 10.5 Å². The summed E-state index contributed by atoms with van der Waals surface area (Å²) in [4.78, 5) is 26.9. The Labute approximate surface area is 118 Å². The predicted molar refractivity (Wildman–Crippen MR) is 77.3 cm³/mol. The van der Waals surface area contributed by atoms with E-state index in [1.807, 2.05) is 12.1 Å². The van der Waals surface area contributed by atoms with Gasteiger partial charge in [0.1, 0.15) is 0 Å². The zero-order valence-corrected chi connectivity index (χ0v) is 11.5. The number of nitrogen functional groups attached to an aromatic ring is 1. The highest BCUT2D eigenvalue weighted by Crippen LogP contribution is 2.31. The number of amides is 2. The van der Waals surface area contributed by atoms with Crippen molar-refractivity contribution in [1.29, 1.82) is 0 Å². The molecule has 1 aromatic rings. The number of rotatable bonds is 3. The normalized spacial score (nSPS) is 18.6. The molecule has 1 aromatic carbocycles. The Kier molecular flexibility index (Phi) is 3.34. The van der Waals surface area contributed by atoms with Gasteiger partial charge in [-0.1, -0.05) is 6.07 Å². The Balaban J connectivity index is 1.72. The maximum atomic E-state index is 11.6. The van der Waals surface area contributed by atoms with Gasteiger partial charge in [0.25, 0.3) is 0 Å². The average molecular weight is 273 g/mol. The Hall–Kier alpha value is -2.04. The standard InChI is InChI=1S/C15H19N3O2/c16-12-4-1-5-13-11(12)3-2-8-17(13)9-10-18-14(19)6-7-15(18)20/h1,4-5H,2-3,6-10,16H2. The molecule has 0 atom stereocenters. The van der Waals surface area contributed by atoms with Gasteiger partial charge in [-0.15, -0.1) is 0 Å². The Morgan fingerprint density at radius 1 is 1.05 bits per heavy atom. The fourth-order valence-electron chi connectivity index (χ4n) is 3.05. The first-order valence-electron chi connectivity index (χ1n) is 7.12. The van der Waals surface area contributed by atoms with Crippen LogP contribution < -0.4 is 10.6 Å². The van der Waals surface area contributed by atoms with E-state index in [2.05, 4.69) is 11.0 Å². The van der Waals surface area contributed by atoms with E-state index in [1.54, 1.807) is 0 Å². The second-order valence-corrected chi connectivity index (χ2v) is 5.37. The van der Waals surface area contributed by atoms with Gasteiger partial charge in [-0.2, -0.15) is 0 Å². The molecular weight excluding hydrogens is 254 g/mol. The zero-order chi connectivity index (χ0) is 14.1. The molecule has 5 nitrogen and oxygen atoms in total. The number of hydrogen-bond acceptors (Lipinski definition) is 4. The van der Waals surface area contributed by atoms with Gasteiger partial charge in [0.2, 0.25) is 11.8 Å². The quantitative estimate of drug-likeness (QED) is 0.663. The third-order valence-corrected chi connectivity index (χ3v) is 4.13. The number of likely N-dealkylation sites (tertiary alicyclic amines) is 1. The molecule has 20 heavy (non-hydrogen) atoms. The molecule has 0 radical (unpaired) electrons. The maximum absolute atomic E-state index is 11.6. The molecule has 2 heterocycles. The highest BCUT2D eigenvalue weighted by Gasteiger charge is 2.29. The van der Waals surface area contributed by atoms with Crippen LogP contribution >= 0.6 is 0 Å². The summed E-state index contributed by atoms with van der Waals surface area (Å²) in [7, 11) is 0. The predicted octanol–water partition coefficient (Wildman–Crippen LogP) is 1.17. The van der Waals surface area contributed by atoms with Gasteiger partial charge in [0, 0.05) is 43.9 Å². The van der Waals surface area contributed by atoms with E-state index < -0.39 is 0 Å². The van der Waals surface area contributed by atoms with E-state index in [0.29, 0.717) is 25.9 Å². The minimum Gasteiger partial charge on any atom is -0.398 e. The fraction of sp³-hybridized carbons (Fsp3) is 0.467. The molecule has 0 bridgehead atoms. The molecule has 2 N–H and O–H groups in total. The number of imide groups is 1. The zero-order valence-electron chi connectivity index (χ0n) is 11.5. The average Bonchev–Trinajstić information content (AvgIpc) is 2.76. The largest absolute Gasteiger partial charge is 0.398 e. The van der Waals surface area contributed by atoms with E-state index in [0.717, 1.165) is 30.8 Å². The first-order valence-corrected chi connectivity index (χ1v) is 7.12.